The minimum absolute atomic E-state index is 0.0851. The van der Waals surface area contributed by atoms with E-state index in [4.69, 9.17) is 0 Å². The number of aliphatic carboxylic acids is 1. The Labute approximate surface area is 185 Å². The third-order valence-corrected chi connectivity index (χ3v) is 8.80. The molecule has 1 saturated heterocycles. The highest BCUT2D eigenvalue weighted by atomic mass is 79.9. The van der Waals surface area contributed by atoms with Gasteiger partial charge in [0.15, 0.2) is 0 Å². The number of nitrogens with zero attached hydrogens (tertiary/aromatic N) is 2. The van der Waals surface area contributed by atoms with Crippen LogP contribution in [0.5, 0.6) is 0 Å². The Morgan fingerprint density at radius 1 is 1.27 bits per heavy atom. The van der Waals surface area contributed by atoms with E-state index >= 15 is 0 Å². The molecule has 2 heterocycles. The summed E-state index contributed by atoms with van der Waals surface area (Å²) in [6.07, 6.45) is 6.32. The van der Waals surface area contributed by atoms with Crippen LogP contribution in [0.15, 0.2) is 22.9 Å². The summed E-state index contributed by atoms with van der Waals surface area (Å²) in [5.41, 5.74) is -0.133. The first-order chi connectivity index (χ1) is 14.5. The molecule has 3 aliphatic carbocycles. The molecule has 2 bridgehead atoms. The summed E-state index contributed by atoms with van der Waals surface area (Å²) in [4.78, 5) is 33.0. The summed E-state index contributed by atoms with van der Waals surface area (Å²) in [6.45, 7) is 4.57. The molecule has 0 aromatic carbocycles. The molecule has 1 aromatic rings. The van der Waals surface area contributed by atoms with Crippen LogP contribution in [0, 0.1) is 28.6 Å². The van der Waals surface area contributed by atoms with Gasteiger partial charge in [-0.15, -0.1) is 0 Å². The number of amides is 1. The topological polar surface area (TPSA) is 94.6 Å². The van der Waals surface area contributed by atoms with E-state index in [1.807, 2.05) is 6.07 Å². The van der Waals surface area contributed by atoms with Crippen LogP contribution in [0.2, 0.25) is 0 Å². The van der Waals surface area contributed by atoms with Crippen LogP contribution in [0.25, 0.3) is 0 Å². The third-order valence-electron chi connectivity index (χ3n) is 8.33. The van der Waals surface area contributed by atoms with Crippen molar-refractivity contribution in [2.75, 3.05) is 38.0 Å². The summed E-state index contributed by atoms with van der Waals surface area (Å²) in [7, 11) is 0. The van der Waals surface area contributed by atoms with Crippen molar-refractivity contribution in [3.05, 3.63) is 22.9 Å². The molecule has 4 fully saturated rings. The number of aromatic nitrogens is 1. The molecule has 0 unspecified atom stereocenters. The third kappa shape index (κ3) is 3.10. The Balaban J connectivity index is 1.47. The highest BCUT2D eigenvalue weighted by molar-refractivity contribution is 9.10. The minimum atomic E-state index is -0.844. The summed E-state index contributed by atoms with van der Waals surface area (Å²) >= 11 is 3.32. The lowest BCUT2D eigenvalue weighted by atomic mass is 9.63. The van der Waals surface area contributed by atoms with Crippen molar-refractivity contribution in [1.82, 2.24) is 15.2 Å². The predicted molar refractivity (Wildman–Crippen MR) is 116 cm³/mol. The molecule has 1 amide bonds. The molecule has 0 radical (unpaired) electrons. The second-order valence-electron chi connectivity index (χ2n) is 9.49. The van der Waals surface area contributed by atoms with Crippen molar-refractivity contribution in [2.45, 2.75) is 32.1 Å². The fourth-order valence-electron chi connectivity index (χ4n) is 7.00. The number of carboxylic acid groups (broad SMARTS) is 1. The number of halogens is 1. The molecule has 3 saturated carbocycles. The molecule has 5 rings (SSSR count). The van der Waals surface area contributed by atoms with Gasteiger partial charge in [-0.3, -0.25) is 9.59 Å². The fraction of sp³-hybridized carbons (Fsp3) is 0.682. The van der Waals surface area contributed by atoms with Gasteiger partial charge in [-0.05, 0) is 84.0 Å². The van der Waals surface area contributed by atoms with Gasteiger partial charge in [-0.25, -0.2) is 4.98 Å². The molecule has 1 spiro atoms. The van der Waals surface area contributed by atoms with Crippen LogP contribution in [0.4, 0.5) is 5.69 Å². The molecular formula is C22H29BrN4O3. The average molecular weight is 477 g/mol. The number of piperazine rings is 1. The number of hydrogen-bond donors (Lipinski definition) is 3. The van der Waals surface area contributed by atoms with Crippen LogP contribution in [0.3, 0.4) is 0 Å². The smallest absolute Gasteiger partial charge is 0.307 e. The molecule has 1 aliphatic heterocycles. The van der Waals surface area contributed by atoms with Gasteiger partial charge in [0.2, 0.25) is 5.91 Å². The summed E-state index contributed by atoms with van der Waals surface area (Å²) in [6, 6.07) is 3.61. The molecule has 4 aliphatic rings. The monoisotopic (exact) mass is 476 g/mol. The van der Waals surface area contributed by atoms with Gasteiger partial charge < -0.3 is 20.6 Å². The molecule has 8 heteroatoms. The SMILES string of the molecule is O=C(O)[C@@H]1[C@H]2CC[C@@H](C23CC3)[C@@]1(CCN1CCNCC1)C(=O)Nc1ccc(Br)nc1. The van der Waals surface area contributed by atoms with Gasteiger partial charge in [0, 0.05) is 26.2 Å². The Morgan fingerprint density at radius 2 is 2.03 bits per heavy atom. The predicted octanol–water partition coefficient (Wildman–Crippen LogP) is 2.59. The number of hydrogen-bond acceptors (Lipinski definition) is 5. The van der Waals surface area contributed by atoms with Gasteiger partial charge in [0.25, 0.3) is 0 Å². The Kier molecular flexibility index (Phi) is 5.14. The van der Waals surface area contributed by atoms with Crippen LogP contribution in [-0.4, -0.2) is 59.6 Å². The first kappa shape index (κ1) is 20.4. The molecule has 1 aromatic heterocycles. The van der Waals surface area contributed by atoms with Gasteiger partial charge in [-0.2, -0.15) is 0 Å². The van der Waals surface area contributed by atoms with E-state index < -0.39 is 17.3 Å². The quantitative estimate of drug-likeness (QED) is 0.546. The van der Waals surface area contributed by atoms with Gasteiger partial charge in [0.05, 0.1) is 23.2 Å². The molecule has 30 heavy (non-hydrogen) atoms. The Morgan fingerprint density at radius 3 is 2.67 bits per heavy atom. The maximum atomic E-state index is 13.9. The standard InChI is InChI=1S/C22H29BrN4O3/c23-17-4-1-14(13-25-17)26-20(30)22(7-10-27-11-8-24-9-12-27)16-3-2-15(18(22)19(28)29)21(16)5-6-21/h1,4,13,15-16,18,24H,2-3,5-12H2,(H,26,30)(H,28,29)/t15-,16+,18+,22-/m1/s1. The summed E-state index contributed by atoms with van der Waals surface area (Å²) < 4.78 is 0.703. The molecule has 162 valence electrons. The average Bonchev–Trinajstić information content (AvgIpc) is 3.41. The first-order valence-corrected chi connectivity index (χ1v) is 11.9. The number of rotatable bonds is 6. The maximum absolute atomic E-state index is 13.9. The van der Waals surface area contributed by atoms with Crippen LogP contribution in [0.1, 0.15) is 32.1 Å². The van der Waals surface area contributed by atoms with Crippen molar-refractivity contribution >= 4 is 33.5 Å². The zero-order valence-electron chi connectivity index (χ0n) is 17.1. The lowest BCUT2D eigenvalue weighted by molar-refractivity contribution is -0.155. The highest BCUT2D eigenvalue weighted by Crippen LogP contribution is 2.79. The zero-order valence-corrected chi connectivity index (χ0v) is 18.7. The number of carbonyl (C=O) groups excluding carboxylic acids is 1. The molecule has 3 N–H and O–H groups in total. The lowest BCUT2D eigenvalue weighted by Crippen LogP contribution is -2.52. The maximum Gasteiger partial charge on any atom is 0.307 e. The Hall–Kier alpha value is -1.51. The van der Waals surface area contributed by atoms with Crippen LogP contribution >= 0.6 is 15.9 Å². The van der Waals surface area contributed by atoms with Crippen LogP contribution < -0.4 is 10.6 Å². The largest absolute Gasteiger partial charge is 0.481 e. The van der Waals surface area contributed by atoms with E-state index in [9.17, 15) is 14.7 Å². The second-order valence-corrected chi connectivity index (χ2v) is 10.3. The second kappa shape index (κ2) is 7.57. The van der Waals surface area contributed by atoms with E-state index in [1.54, 1.807) is 12.3 Å². The first-order valence-electron chi connectivity index (χ1n) is 11.1. The van der Waals surface area contributed by atoms with Gasteiger partial charge >= 0.3 is 5.97 Å². The number of carboxylic acids is 1. The van der Waals surface area contributed by atoms with E-state index in [-0.39, 0.29) is 23.2 Å². The number of carbonyl (C=O) groups is 2. The number of nitrogens with one attached hydrogen (secondary N) is 2. The fourth-order valence-corrected chi connectivity index (χ4v) is 7.23. The molecule has 7 nitrogen and oxygen atoms in total. The highest BCUT2D eigenvalue weighted by Gasteiger charge is 2.77. The normalized spacial score (nSPS) is 34.2. The van der Waals surface area contributed by atoms with Crippen molar-refractivity contribution in [1.29, 1.82) is 0 Å². The van der Waals surface area contributed by atoms with E-state index in [0.29, 0.717) is 16.7 Å². The minimum Gasteiger partial charge on any atom is -0.481 e. The van der Waals surface area contributed by atoms with Crippen molar-refractivity contribution < 1.29 is 14.7 Å². The van der Waals surface area contributed by atoms with Crippen molar-refractivity contribution in [2.24, 2.45) is 28.6 Å². The summed E-state index contributed by atoms with van der Waals surface area (Å²) in [5.74, 6) is -1.20. The van der Waals surface area contributed by atoms with Crippen molar-refractivity contribution in [3.63, 3.8) is 0 Å². The summed E-state index contributed by atoms with van der Waals surface area (Å²) in [5, 5.41) is 16.7. The lowest BCUT2D eigenvalue weighted by Gasteiger charge is -2.42. The van der Waals surface area contributed by atoms with Gasteiger partial charge in [0.1, 0.15) is 4.60 Å². The van der Waals surface area contributed by atoms with Crippen LogP contribution in [-0.2, 0) is 9.59 Å². The molecule has 4 atom stereocenters. The zero-order chi connectivity index (χ0) is 20.9. The van der Waals surface area contributed by atoms with E-state index in [1.165, 1.54) is 0 Å². The van der Waals surface area contributed by atoms with Crippen molar-refractivity contribution in [3.8, 4) is 0 Å². The van der Waals surface area contributed by atoms with E-state index in [0.717, 1.165) is 58.4 Å². The van der Waals surface area contributed by atoms with E-state index in [2.05, 4.69) is 36.4 Å². The number of anilines is 1. The number of pyridine rings is 1. The van der Waals surface area contributed by atoms with Gasteiger partial charge in [-0.1, -0.05) is 0 Å². The molecular weight excluding hydrogens is 448 g/mol. The Bertz CT molecular complexity index is 837.